The fourth-order valence-corrected chi connectivity index (χ4v) is 5.27. The first kappa shape index (κ1) is 16.5. The van der Waals surface area contributed by atoms with Crippen molar-refractivity contribution in [1.29, 1.82) is 0 Å². The Hall–Kier alpha value is -1.66. The highest BCUT2D eigenvalue weighted by molar-refractivity contribution is 5.79. The van der Waals surface area contributed by atoms with Crippen LogP contribution in [-0.2, 0) is 9.53 Å². The summed E-state index contributed by atoms with van der Waals surface area (Å²) in [5.41, 5.74) is 1.09. The van der Waals surface area contributed by atoms with Crippen molar-refractivity contribution >= 4 is 11.6 Å². The van der Waals surface area contributed by atoms with E-state index in [1.54, 1.807) is 0 Å². The molecule has 0 radical (unpaired) electrons. The number of anilines is 1. The number of carbonyl (C=O) groups excluding carboxylic acids is 1. The molecule has 4 heterocycles. The number of aromatic nitrogens is 1. The van der Waals surface area contributed by atoms with Gasteiger partial charge in [0.05, 0.1) is 18.7 Å². The van der Waals surface area contributed by atoms with Crippen LogP contribution >= 0.6 is 0 Å². The van der Waals surface area contributed by atoms with Gasteiger partial charge >= 0.3 is 0 Å². The van der Waals surface area contributed by atoms with Gasteiger partial charge in [-0.25, -0.2) is 0 Å². The van der Waals surface area contributed by atoms with Gasteiger partial charge in [-0.05, 0) is 37.8 Å². The van der Waals surface area contributed by atoms with E-state index in [1.165, 1.54) is 31.4 Å². The second-order valence-corrected chi connectivity index (χ2v) is 8.34. The first-order chi connectivity index (χ1) is 12.7. The maximum atomic E-state index is 12.7. The Morgan fingerprint density at radius 2 is 1.85 bits per heavy atom. The molecule has 4 fully saturated rings. The van der Waals surface area contributed by atoms with E-state index in [-0.39, 0.29) is 17.7 Å². The smallest absolute Gasteiger partial charge is 0.238 e. The number of nitrogens with zero attached hydrogens (tertiary/aromatic N) is 4. The summed E-state index contributed by atoms with van der Waals surface area (Å²) >= 11 is 0. The number of fused-ring (bicyclic) bond motifs is 1. The standard InChI is InChI=1S/C20H28N4O2/c25-18-13-23(16-3-1-2-4-16)14-19-24(18)15-20(26-19)7-11-22(12-8-20)17-5-9-21-10-6-17/h5-6,9-10,16,19H,1-4,7-8,11-15H2. The highest BCUT2D eigenvalue weighted by atomic mass is 16.5. The van der Waals surface area contributed by atoms with Gasteiger partial charge in [0.25, 0.3) is 0 Å². The molecule has 1 spiro atoms. The minimum absolute atomic E-state index is 0.0377. The van der Waals surface area contributed by atoms with Crippen molar-refractivity contribution in [3.8, 4) is 0 Å². The monoisotopic (exact) mass is 356 g/mol. The molecule has 6 nitrogen and oxygen atoms in total. The molecule has 6 heteroatoms. The van der Waals surface area contributed by atoms with Crippen LogP contribution in [-0.4, -0.2) is 71.3 Å². The zero-order valence-electron chi connectivity index (χ0n) is 15.3. The number of hydrogen-bond acceptors (Lipinski definition) is 5. The van der Waals surface area contributed by atoms with Gasteiger partial charge in [-0.2, -0.15) is 0 Å². The van der Waals surface area contributed by atoms with E-state index in [0.717, 1.165) is 39.0 Å². The number of carbonyl (C=O) groups is 1. The molecular weight excluding hydrogens is 328 g/mol. The predicted molar refractivity (Wildman–Crippen MR) is 98.8 cm³/mol. The average Bonchev–Trinajstić information content (AvgIpc) is 3.31. The van der Waals surface area contributed by atoms with E-state index < -0.39 is 0 Å². The Morgan fingerprint density at radius 3 is 2.58 bits per heavy atom. The Balaban J connectivity index is 1.25. The van der Waals surface area contributed by atoms with Crippen LogP contribution in [0, 0.1) is 0 Å². The Kier molecular flexibility index (Phi) is 4.13. The van der Waals surface area contributed by atoms with Crippen molar-refractivity contribution in [2.24, 2.45) is 0 Å². The second kappa shape index (κ2) is 6.50. The van der Waals surface area contributed by atoms with Crippen LogP contribution in [0.4, 0.5) is 5.69 Å². The quantitative estimate of drug-likeness (QED) is 0.810. The number of piperazine rings is 1. The number of piperidine rings is 1. The van der Waals surface area contributed by atoms with Crippen molar-refractivity contribution in [1.82, 2.24) is 14.8 Å². The summed E-state index contributed by atoms with van der Waals surface area (Å²) in [6.45, 7) is 4.21. The molecule has 1 saturated carbocycles. The summed E-state index contributed by atoms with van der Waals surface area (Å²) < 4.78 is 6.56. The van der Waals surface area contributed by atoms with Crippen molar-refractivity contribution in [2.45, 2.75) is 56.4 Å². The molecule has 4 aliphatic rings. The summed E-state index contributed by atoms with van der Waals surface area (Å²) in [5, 5.41) is 0. The van der Waals surface area contributed by atoms with E-state index in [1.807, 2.05) is 17.3 Å². The number of rotatable bonds is 2. The molecule has 1 atom stereocenters. The van der Waals surface area contributed by atoms with Gasteiger partial charge in [0.1, 0.15) is 6.23 Å². The van der Waals surface area contributed by atoms with E-state index in [4.69, 9.17) is 4.74 Å². The molecule has 3 aliphatic heterocycles. The third kappa shape index (κ3) is 2.89. The largest absolute Gasteiger partial charge is 0.371 e. The van der Waals surface area contributed by atoms with Crippen LogP contribution in [0.3, 0.4) is 0 Å². The highest BCUT2D eigenvalue weighted by Gasteiger charge is 2.51. The number of pyridine rings is 1. The Labute approximate surface area is 155 Å². The topological polar surface area (TPSA) is 48.9 Å². The first-order valence-corrected chi connectivity index (χ1v) is 10.1. The van der Waals surface area contributed by atoms with Crippen LogP contribution in [0.1, 0.15) is 38.5 Å². The summed E-state index contributed by atoms with van der Waals surface area (Å²) in [4.78, 5) is 23.7. The van der Waals surface area contributed by atoms with Gasteiger partial charge in [-0.1, -0.05) is 12.8 Å². The van der Waals surface area contributed by atoms with Crippen molar-refractivity contribution in [2.75, 3.05) is 37.6 Å². The maximum absolute atomic E-state index is 12.7. The van der Waals surface area contributed by atoms with Gasteiger partial charge in [-0.3, -0.25) is 14.7 Å². The van der Waals surface area contributed by atoms with Crippen molar-refractivity contribution in [3.05, 3.63) is 24.5 Å². The third-order valence-electron chi connectivity index (χ3n) is 6.79. The second-order valence-electron chi connectivity index (χ2n) is 8.34. The van der Waals surface area contributed by atoms with Crippen LogP contribution in [0.2, 0.25) is 0 Å². The lowest BCUT2D eigenvalue weighted by Crippen LogP contribution is -2.56. The summed E-state index contributed by atoms with van der Waals surface area (Å²) in [6.07, 6.45) is 10.7. The van der Waals surface area contributed by atoms with Crippen molar-refractivity contribution < 1.29 is 9.53 Å². The first-order valence-electron chi connectivity index (χ1n) is 10.1. The molecular formula is C20H28N4O2. The molecule has 0 N–H and O–H groups in total. The number of amides is 1. The van der Waals surface area contributed by atoms with Crippen LogP contribution < -0.4 is 4.90 Å². The molecule has 1 unspecified atom stereocenters. The van der Waals surface area contributed by atoms with E-state index in [2.05, 4.69) is 26.9 Å². The van der Waals surface area contributed by atoms with Gasteiger partial charge in [0.15, 0.2) is 0 Å². The number of hydrogen-bond donors (Lipinski definition) is 0. The SMILES string of the molecule is O=C1CN(C2CCCC2)CC2OC3(CCN(c4ccncc4)CC3)CN12. The van der Waals surface area contributed by atoms with Crippen LogP contribution in [0.5, 0.6) is 0 Å². The van der Waals surface area contributed by atoms with Gasteiger partial charge in [0, 0.05) is 43.8 Å². The fraction of sp³-hybridized carbons (Fsp3) is 0.700. The number of ether oxygens (including phenoxy) is 1. The van der Waals surface area contributed by atoms with E-state index in [9.17, 15) is 4.79 Å². The summed E-state index contributed by atoms with van der Waals surface area (Å²) in [7, 11) is 0. The zero-order valence-corrected chi connectivity index (χ0v) is 15.3. The van der Waals surface area contributed by atoms with Gasteiger partial charge < -0.3 is 14.5 Å². The summed E-state index contributed by atoms with van der Waals surface area (Å²) in [6, 6.07) is 4.73. The Bertz CT molecular complexity index is 653. The maximum Gasteiger partial charge on any atom is 0.238 e. The lowest BCUT2D eigenvalue weighted by atomic mass is 9.91. The van der Waals surface area contributed by atoms with Crippen molar-refractivity contribution in [3.63, 3.8) is 0 Å². The molecule has 1 amide bonds. The minimum Gasteiger partial charge on any atom is -0.371 e. The third-order valence-corrected chi connectivity index (χ3v) is 6.79. The lowest BCUT2D eigenvalue weighted by Gasteiger charge is -2.39. The highest BCUT2D eigenvalue weighted by Crippen LogP contribution is 2.39. The predicted octanol–water partition coefficient (Wildman–Crippen LogP) is 1.86. The minimum atomic E-state index is -0.143. The molecule has 3 saturated heterocycles. The van der Waals surface area contributed by atoms with Gasteiger partial charge in [-0.15, -0.1) is 0 Å². The average molecular weight is 356 g/mol. The molecule has 0 bridgehead atoms. The molecule has 1 aliphatic carbocycles. The summed E-state index contributed by atoms with van der Waals surface area (Å²) in [5.74, 6) is 0.265. The normalized spacial score (nSPS) is 29.5. The Morgan fingerprint density at radius 1 is 1.12 bits per heavy atom. The fourth-order valence-electron chi connectivity index (χ4n) is 5.27. The molecule has 1 aromatic rings. The molecule has 140 valence electrons. The van der Waals surface area contributed by atoms with Crippen LogP contribution in [0.15, 0.2) is 24.5 Å². The zero-order chi connectivity index (χ0) is 17.6. The molecule has 26 heavy (non-hydrogen) atoms. The van der Waals surface area contributed by atoms with E-state index >= 15 is 0 Å². The molecule has 5 rings (SSSR count). The van der Waals surface area contributed by atoms with E-state index in [0.29, 0.717) is 12.6 Å². The van der Waals surface area contributed by atoms with Gasteiger partial charge in [0.2, 0.25) is 5.91 Å². The van der Waals surface area contributed by atoms with Crippen LogP contribution in [0.25, 0.3) is 0 Å². The molecule has 1 aromatic heterocycles. The lowest BCUT2D eigenvalue weighted by molar-refractivity contribution is -0.150. The molecule has 0 aromatic carbocycles.